The summed E-state index contributed by atoms with van der Waals surface area (Å²) in [6, 6.07) is 14.3. The zero-order valence-corrected chi connectivity index (χ0v) is 13.1. The van der Waals surface area contributed by atoms with Gasteiger partial charge in [-0.3, -0.25) is 4.90 Å². The van der Waals surface area contributed by atoms with Gasteiger partial charge >= 0.3 is 0 Å². The molecule has 3 heteroatoms. The number of aryl methyl sites for hydroxylation is 1. The summed E-state index contributed by atoms with van der Waals surface area (Å²) in [5, 5.41) is 0. The van der Waals surface area contributed by atoms with E-state index in [1.165, 1.54) is 11.1 Å². The molecule has 0 saturated heterocycles. The first-order chi connectivity index (χ1) is 10.1. The molecule has 0 bridgehead atoms. The Balaban J connectivity index is 2.16. The fourth-order valence-electron chi connectivity index (χ4n) is 2.47. The van der Waals surface area contributed by atoms with Crippen LogP contribution in [-0.2, 0) is 13.1 Å². The Morgan fingerprint density at radius 1 is 1.05 bits per heavy atom. The van der Waals surface area contributed by atoms with Crippen LogP contribution in [0, 0.1) is 6.92 Å². The van der Waals surface area contributed by atoms with Crippen molar-refractivity contribution in [3.05, 3.63) is 59.2 Å². The number of methoxy groups -OCH3 is 1. The summed E-state index contributed by atoms with van der Waals surface area (Å²) in [5.41, 5.74) is 10.5. The van der Waals surface area contributed by atoms with Gasteiger partial charge in [0.2, 0.25) is 0 Å². The summed E-state index contributed by atoms with van der Waals surface area (Å²) in [5.74, 6) is 0.896. The van der Waals surface area contributed by atoms with E-state index in [2.05, 4.69) is 43.0 Å². The van der Waals surface area contributed by atoms with Crippen LogP contribution in [0.25, 0.3) is 0 Å². The van der Waals surface area contributed by atoms with Crippen LogP contribution in [0.2, 0.25) is 0 Å². The average Bonchev–Trinajstić information content (AvgIpc) is 2.49. The molecule has 2 aromatic carbocycles. The van der Waals surface area contributed by atoms with Gasteiger partial charge in [-0.2, -0.15) is 0 Å². The first kappa shape index (κ1) is 15.4. The third kappa shape index (κ3) is 3.99. The van der Waals surface area contributed by atoms with Crippen LogP contribution in [-0.4, -0.2) is 18.6 Å². The molecule has 0 fully saturated rings. The molecule has 0 spiro atoms. The Morgan fingerprint density at radius 3 is 2.43 bits per heavy atom. The molecule has 0 aliphatic heterocycles. The normalized spacial score (nSPS) is 10.9. The van der Waals surface area contributed by atoms with Gasteiger partial charge in [0.05, 0.1) is 7.11 Å². The molecule has 0 saturated carbocycles. The van der Waals surface area contributed by atoms with Gasteiger partial charge in [0.1, 0.15) is 5.75 Å². The van der Waals surface area contributed by atoms with Gasteiger partial charge < -0.3 is 10.5 Å². The van der Waals surface area contributed by atoms with Crippen LogP contribution in [0.15, 0.2) is 42.5 Å². The van der Waals surface area contributed by atoms with E-state index in [9.17, 15) is 0 Å². The first-order valence-corrected chi connectivity index (χ1v) is 7.33. The van der Waals surface area contributed by atoms with Crippen molar-refractivity contribution < 1.29 is 4.74 Å². The van der Waals surface area contributed by atoms with Crippen molar-refractivity contribution in [3.8, 4) is 5.75 Å². The Hall–Kier alpha value is -2.00. The molecule has 0 unspecified atom stereocenters. The van der Waals surface area contributed by atoms with Gasteiger partial charge in [-0.1, -0.05) is 31.2 Å². The molecule has 3 nitrogen and oxygen atoms in total. The zero-order chi connectivity index (χ0) is 15.2. The summed E-state index contributed by atoms with van der Waals surface area (Å²) >= 11 is 0. The number of benzene rings is 2. The number of ether oxygens (including phenoxy) is 1. The first-order valence-electron chi connectivity index (χ1n) is 7.33. The van der Waals surface area contributed by atoms with E-state index < -0.39 is 0 Å². The molecule has 0 radical (unpaired) electrons. The number of nitrogens with zero attached hydrogens (tertiary/aromatic N) is 1. The third-order valence-electron chi connectivity index (χ3n) is 3.80. The van der Waals surface area contributed by atoms with Crippen molar-refractivity contribution in [3.63, 3.8) is 0 Å². The minimum absolute atomic E-state index is 0.776. The number of rotatable bonds is 6. The Bertz CT molecular complexity index is 596. The number of nitrogens with two attached hydrogens (primary N) is 1. The van der Waals surface area contributed by atoms with E-state index in [0.717, 1.165) is 36.6 Å². The minimum Gasteiger partial charge on any atom is -0.496 e. The van der Waals surface area contributed by atoms with Crippen molar-refractivity contribution in [2.45, 2.75) is 26.9 Å². The maximum absolute atomic E-state index is 5.90. The highest BCUT2D eigenvalue weighted by Crippen LogP contribution is 2.23. The molecule has 0 aliphatic carbocycles. The second-order valence-electron chi connectivity index (χ2n) is 5.30. The summed E-state index contributed by atoms with van der Waals surface area (Å²) < 4.78 is 5.44. The van der Waals surface area contributed by atoms with E-state index in [4.69, 9.17) is 10.5 Å². The number of hydrogen-bond acceptors (Lipinski definition) is 3. The highest BCUT2D eigenvalue weighted by Gasteiger charge is 2.10. The predicted octanol–water partition coefficient (Wildman–Crippen LogP) is 3.61. The number of hydrogen-bond donors (Lipinski definition) is 1. The van der Waals surface area contributed by atoms with E-state index in [-0.39, 0.29) is 0 Å². The molecular weight excluding hydrogens is 260 g/mol. The van der Waals surface area contributed by atoms with Gasteiger partial charge in [-0.15, -0.1) is 0 Å². The molecule has 2 N–H and O–H groups in total. The van der Waals surface area contributed by atoms with Gasteiger partial charge in [-0.05, 0) is 42.8 Å². The Kier molecular flexibility index (Phi) is 5.23. The molecule has 112 valence electrons. The van der Waals surface area contributed by atoms with Gasteiger partial charge in [0.25, 0.3) is 0 Å². The maximum atomic E-state index is 5.90. The molecule has 0 aromatic heterocycles. The highest BCUT2D eigenvalue weighted by atomic mass is 16.5. The molecule has 0 amide bonds. The summed E-state index contributed by atoms with van der Waals surface area (Å²) in [6.45, 7) is 7.08. The van der Waals surface area contributed by atoms with Crippen LogP contribution in [0.4, 0.5) is 5.69 Å². The Labute approximate surface area is 127 Å². The predicted molar refractivity (Wildman–Crippen MR) is 88.4 cm³/mol. The van der Waals surface area contributed by atoms with Crippen LogP contribution < -0.4 is 10.5 Å². The van der Waals surface area contributed by atoms with Crippen molar-refractivity contribution in [2.24, 2.45) is 0 Å². The largest absolute Gasteiger partial charge is 0.496 e. The number of nitrogen functional groups attached to an aromatic ring is 1. The van der Waals surface area contributed by atoms with Crippen molar-refractivity contribution >= 4 is 5.69 Å². The fraction of sp³-hybridized carbons (Fsp3) is 0.333. The SMILES string of the molecule is CCN(Cc1ccccc1C)Cc1cc(N)ccc1OC. The highest BCUT2D eigenvalue weighted by molar-refractivity contribution is 5.47. The van der Waals surface area contributed by atoms with Crippen molar-refractivity contribution in [1.29, 1.82) is 0 Å². The maximum Gasteiger partial charge on any atom is 0.123 e. The van der Waals surface area contributed by atoms with Gasteiger partial charge in [0.15, 0.2) is 0 Å². The fourth-order valence-corrected chi connectivity index (χ4v) is 2.47. The topological polar surface area (TPSA) is 38.5 Å². The van der Waals surface area contributed by atoms with E-state index >= 15 is 0 Å². The standard InChI is InChI=1S/C18H24N2O/c1-4-20(12-15-8-6-5-7-14(15)2)13-16-11-17(19)9-10-18(16)21-3/h5-11H,4,12-13,19H2,1-3H3. The molecule has 0 atom stereocenters. The summed E-state index contributed by atoms with van der Waals surface area (Å²) in [6.07, 6.45) is 0. The Morgan fingerprint density at radius 2 is 1.76 bits per heavy atom. The van der Waals surface area contributed by atoms with E-state index in [1.54, 1.807) is 7.11 Å². The molecule has 2 rings (SSSR count). The lowest BCUT2D eigenvalue weighted by Crippen LogP contribution is -2.23. The van der Waals surface area contributed by atoms with Gasteiger partial charge in [-0.25, -0.2) is 0 Å². The van der Waals surface area contributed by atoms with Crippen molar-refractivity contribution in [2.75, 3.05) is 19.4 Å². The van der Waals surface area contributed by atoms with Crippen LogP contribution in [0.1, 0.15) is 23.6 Å². The summed E-state index contributed by atoms with van der Waals surface area (Å²) in [7, 11) is 1.70. The average molecular weight is 284 g/mol. The lowest BCUT2D eigenvalue weighted by atomic mass is 10.1. The molecule has 2 aromatic rings. The lowest BCUT2D eigenvalue weighted by Gasteiger charge is -2.23. The second kappa shape index (κ2) is 7.14. The second-order valence-corrected chi connectivity index (χ2v) is 5.30. The third-order valence-corrected chi connectivity index (χ3v) is 3.80. The molecule has 21 heavy (non-hydrogen) atoms. The quantitative estimate of drug-likeness (QED) is 0.824. The van der Waals surface area contributed by atoms with Crippen LogP contribution in [0.3, 0.4) is 0 Å². The molecular formula is C18H24N2O. The number of anilines is 1. The van der Waals surface area contributed by atoms with E-state index in [1.807, 2.05) is 18.2 Å². The van der Waals surface area contributed by atoms with Gasteiger partial charge in [0, 0.05) is 24.3 Å². The van der Waals surface area contributed by atoms with E-state index in [0.29, 0.717) is 0 Å². The lowest BCUT2D eigenvalue weighted by molar-refractivity contribution is 0.266. The smallest absolute Gasteiger partial charge is 0.123 e. The van der Waals surface area contributed by atoms with Crippen LogP contribution in [0.5, 0.6) is 5.75 Å². The molecule has 0 aliphatic rings. The summed E-state index contributed by atoms with van der Waals surface area (Å²) in [4.78, 5) is 2.39. The monoisotopic (exact) mass is 284 g/mol. The minimum atomic E-state index is 0.776. The van der Waals surface area contributed by atoms with Crippen LogP contribution >= 0.6 is 0 Å². The molecule has 0 heterocycles. The zero-order valence-electron chi connectivity index (χ0n) is 13.1. The van der Waals surface area contributed by atoms with Crippen molar-refractivity contribution in [1.82, 2.24) is 4.90 Å².